The molecule has 1 aromatic rings. The summed E-state index contributed by atoms with van der Waals surface area (Å²) in [5.74, 6) is 0.140. The molecule has 1 unspecified atom stereocenters. The van der Waals surface area contributed by atoms with Crippen molar-refractivity contribution in [2.24, 2.45) is 0 Å². The van der Waals surface area contributed by atoms with Crippen LogP contribution < -0.4 is 10.6 Å². The molecule has 1 amide bonds. The Balaban J connectivity index is 2.39. The molecule has 0 aromatic heterocycles. The lowest BCUT2D eigenvalue weighted by molar-refractivity contribution is -0.121. The largest absolute Gasteiger partial charge is 0.356 e. The highest BCUT2D eigenvalue weighted by atomic mass is 16.1. The van der Waals surface area contributed by atoms with Gasteiger partial charge in [-0.3, -0.25) is 4.79 Å². The van der Waals surface area contributed by atoms with Gasteiger partial charge in [-0.1, -0.05) is 57.0 Å². The van der Waals surface area contributed by atoms with Crippen LogP contribution >= 0.6 is 0 Å². The van der Waals surface area contributed by atoms with E-state index >= 15 is 0 Å². The summed E-state index contributed by atoms with van der Waals surface area (Å²) >= 11 is 0. The minimum Gasteiger partial charge on any atom is -0.356 e. The van der Waals surface area contributed by atoms with E-state index in [1.165, 1.54) is 18.4 Å². The molecule has 1 rings (SSSR count). The summed E-state index contributed by atoms with van der Waals surface area (Å²) < 4.78 is 0. The molecular formula is C17H28N2O. The van der Waals surface area contributed by atoms with Crippen molar-refractivity contribution in [3.63, 3.8) is 0 Å². The molecule has 2 N–H and O–H groups in total. The molecule has 0 bridgehead atoms. The molecule has 112 valence electrons. The van der Waals surface area contributed by atoms with Crippen LogP contribution in [0.25, 0.3) is 0 Å². The van der Waals surface area contributed by atoms with Crippen molar-refractivity contribution < 1.29 is 4.79 Å². The zero-order chi connectivity index (χ0) is 14.6. The van der Waals surface area contributed by atoms with Gasteiger partial charge >= 0.3 is 0 Å². The zero-order valence-electron chi connectivity index (χ0n) is 12.8. The number of amides is 1. The Labute approximate surface area is 123 Å². The van der Waals surface area contributed by atoms with E-state index in [1.807, 2.05) is 6.07 Å². The molecular weight excluding hydrogens is 248 g/mol. The van der Waals surface area contributed by atoms with Gasteiger partial charge in [0.15, 0.2) is 0 Å². The van der Waals surface area contributed by atoms with Crippen molar-refractivity contribution >= 4 is 5.91 Å². The Hall–Kier alpha value is -1.35. The van der Waals surface area contributed by atoms with Crippen molar-refractivity contribution in [2.45, 2.75) is 52.0 Å². The summed E-state index contributed by atoms with van der Waals surface area (Å²) in [6.45, 7) is 5.78. The maximum atomic E-state index is 11.6. The fourth-order valence-corrected chi connectivity index (χ4v) is 2.19. The first-order valence-corrected chi connectivity index (χ1v) is 7.83. The summed E-state index contributed by atoms with van der Waals surface area (Å²) in [5.41, 5.74) is 1.31. The molecule has 1 aromatic carbocycles. The van der Waals surface area contributed by atoms with Crippen LogP contribution in [0.1, 0.15) is 57.6 Å². The molecule has 20 heavy (non-hydrogen) atoms. The number of carbonyl (C=O) groups excluding carboxylic acids is 1. The number of rotatable bonds is 10. The number of unbranched alkanes of at least 4 members (excludes halogenated alkanes) is 1. The number of benzene rings is 1. The van der Waals surface area contributed by atoms with Crippen LogP contribution in [0.5, 0.6) is 0 Å². The van der Waals surface area contributed by atoms with E-state index in [1.54, 1.807) is 0 Å². The Bertz CT molecular complexity index is 365. The lowest BCUT2D eigenvalue weighted by atomic mass is 10.0. The van der Waals surface area contributed by atoms with Gasteiger partial charge in [-0.25, -0.2) is 0 Å². The van der Waals surface area contributed by atoms with Crippen LogP contribution in [0.3, 0.4) is 0 Å². The summed E-state index contributed by atoms with van der Waals surface area (Å²) in [6.07, 6.45) is 5.06. The molecule has 0 aliphatic rings. The lowest BCUT2D eigenvalue weighted by Crippen LogP contribution is -2.30. The topological polar surface area (TPSA) is 41.1 Å². The van der Waals surface area contributed by atoms with E-state index in [4.69, 9.17) is 0 Å². The van der Waals surface area contributed by atoms with Crippen LogP contribution in [0, 0.1) is 0 Å². The molecule has 0 saturated heterocycles. The van der Waals surface area contributed by atoms with E-state index in [0.717, 1.165) is 25.9 Å². The third-order valence-corrected chi connectivity index (χ3v) is 3.36. The van der Waals surface area contributed by atoms with Crippen LogP contribution in [0.2, 0.25) is 0 Å². The Morgan fingerprint density at radius 1 is 1.10 bits per heavy atom. The minimum absolute atomic E-state index is 0.140. The lowest BCUT2D eigenvalue weighted by Gasteiger charge is -2.19. The van der Waals surface area contributed by atoms with Crippen molar-refractivity contribution in [3.05, 3.63) is 35.9 Å². The summed E-state index contributed by atoms with van der Waals surface area (Å²) in [5, 5.41) is 6.43. The number of carbonyl (C=O) groups is 1. The van der Waals surface area contributed by atoms with E-state index in [2.05, 4.69) is 48.7 Å². The first-order chi connectivity index (χ1) is 9.77. The zero-order valence-corrected chi connectivity index (χ0v) is 12.8. The van der Waals surface area contributed by atoms with E-state index in [9.17, 15) is 4.79 Å². The second-order valence-electron chi connectivity index (χ2n) is 5.16. The second-order valence-corrected chi connectivity index (χ2v) is 5.16. The van der Waals surface area contributed by atoms with Gasteiger partial charge in [0.1, 0.15) is 0 Å². The van der Waals surface area contributed by atoms with Crippen LogP contribution in [-0.4, -0.2) is 19.0 Å². The van der Waals surface area contributed by atoms with Crippen molar-refractivity contribution in [3.8, 4) is 0 Å². The van der Waals surface area contributed by atoms with Gasteiger partial charge in [-0.05, 0) is 18.4 Å². The second kappa shape index (κ2) is 10.4. The third-order valence-electron chi connectivity index (χ3n) is 3.36. The maximum Gasteiger partial charge on any atom is 0.221 e. The first kappa shape index (κ1) is 16.7. The molecule has 0 aliphatic heterocycles. The molecule has 0 fully saturated rings. The van der Waals surface area contributed by atoms with Crippen molar-refractivity contribution in [2.75, 3.05) is 13.1 Å². The molecule has 1 atom stereocenters. The monoisotopic (exact) mass is 276 g/mol. The third kappa shape index (κ3) is 6.71. The number of hydrogen-bond acceptors (Lipinski definition) is 2. The minimum atomic E-state index is 0.140. The SMILES string of the molecule is CCCCC(NCCC(=O)NCCC)c1ccccc1. The van der Waals surface area contributed by atoms with E-state index in [0.29, 0.717) is 12.5 Å². The number of hydrogen-bond donors (Lipinski definition) is 2. The predicted molar refractivity (Wildman–Crippen MR) is 84.6 cm³/mol. The van der Waals surface area contributed by atoms with Crippen LogP contribution in [0.15, 0.2) is 30.3 Å². The van der Waals surface area contributed by atoms with Crippen LogP contribution in [-0.2, 0) is 4.79 Å². The summed E-state index contributed by atoms with van der Waals surface area (Å²) in [7, 11) is 0. The molecule has 0 saturated carbocycles. The van der Waals surface area contributed by atoms with Gasteiger partial charge < -0.3 is 10.6 Å². The Kier molecular flexibility index (Phi) is 8.72. The highest BCUT2D eigenvalue weighted by molar-refractivity contribution is 5.75. The highest BCUT2D eigenvalue weighted by Crippen LogP contribution is 2.18. The predicted octanol–water partition coefficient (Wildman–Crippen LogP) is 3.42. The van der Waals surface area contributed by atoms with Crippen molar-refractivity contribution in [1.82, 2.24) is 10.6 Å². The summed E-state index contributed by atoms with van der Waals surface area (Å²) in [6, 6.07) is 10.9. The fourth-order valence-electron chi connectivity index (χ4n) is 2.19. The molecule has 3 heteroatoms. The first-order valence-electron chi connectivity index (χ1n) is 7.83. The molecule has 3 nitrogen and oxygen atoms in total. The Morgan fingerprint density at radius 2 is 1.85 bits per heavy atom. The smallest absolute Gasteiger partial charge is 0.221 e. The van der Waals surface area contributed by atoms with E-state index < -0.39 is 0 Å². The summed E-state index contributed by atoms with van der Waals surface area (Å²) in [4.78, 5) is 11.6. The maximum absolute atomic E-state index is 11.6. The van der Waals surface area contributed by atoms with Crippen LogP contribution in [0.4, 0.5) is 0 Å². The standard InChI is InChI=1S/C17H28N2O/c1-3-5-11-16(15-9-7-6-8-10-15)18-14-12-17(20)19-13-4-2/h6-10,16,18H,3-5,11-14H2,1-2H3,(H,19,20). The average Bonchev–Trinajstić information content (AvgIpc) is 2.49. The highest BCUT2D eigenvalue weighted by Gasteiger charge is 2.10. The van der Waals surface area contributed by atoms with Gasteiger partial charge in [0.25, 0.3) is 0 Å². The van der Waals surface area contributed by atoms with Gasteiger partial charge in [-0.15, -0.1) is 0 Å². The number of nitrogens with one attached hydrogen (secondary N) is 2. The Morgan fingerprint density at radius 3 is 2.50 bits per heavy atom. The molecule has 0 aliphatic carbocycles. The average molecular weight is 276 g/mol. The van der Waals surface area contributed by atoms with E-state index in [-0.39, 0.29) is 5.91 Å². The van der Waals surface area contributed by atoms with Gasteiger partial charge in [-0.2, -0.15) is 0 Å². The van der Waals surface area contributed by atoms with Gasteiger partial charge in [0, 0.05) is 25.6 Å². The molecule has 0 heterocycles. The molecule has 0 spiro atoms. The normalized spacial score (nSPS) is 12.1. The van der Waals surface area contributed by atoms with Gasteiger partial charge in [0.2, 0.25) is 5.91 Å². The fraction of sp³-hybridized carbons (Fsp3) is 0.588. The van der Waals surface area contributed by atoms with Gasteiger partial charge in [0.05, 0.1) is 0 Å². The quantitative estimate of drug-likeness (QED) is 0.687. The molecule has 0 radical (unpaired) electrons. The van der Waals surface area contributed by atoms with Crippen molar-refractivity contribution in [1.29, 1.82) is 0 Å².